The molecule has 0 radical (unpaired) electrons. The summed E-state index contributed by atoms with van der Waals surface area (Å²) >= 11 is 0. The normalized spacial score (nSPS) is 15.8. The van der Waals surface area contributed by atoms with Gasteiger partial charge in [0.2, 0.25) is 0 Å². The van der Waals surface area contributed by atoms with Gasteiger partial charge < -0.3 is 9.64 Å². The van der Waals surface area contributed by atoms with Gasteiger partial charge in [0, 0.05) is 17.8 Å². The maximum Gasteiger partial charge on any atom is 0.278 e. The number of anilines is 1. The third-order valence-electron chi connectivity index (χ3n) is 6.36. The van der Waals surface area contributed by atoms with Gasteiger partial charge in [0.05, 0.1) is 19.2 Å². The van der Waals surface area contributed by atoms with E-state index in [1.807, 2.05) is 78.6 Å². The highest BCUT2D eigenvalue weighted by Crippen LogP contribution is 2.40. The number of imide groups is 1. The number of hydrogen-bond acceptors (Lipinski definition) is 4. The summed E-state index contributed by atoms with van der Waals surface area (Å²) in [5, 5.41) is 0. The molecule has 0 atom stereocenters. The van der Waals surface area contributed by atoms with Gasteiger partial charge in [0.1, 0.15) is 11.4 Å². The smallest absolute Gasteiger partial charge is 0.278 e. The van der Waals surface area contributed by atoms with E-state index in [2.05, 4.69) is 6.07 Å². The van der Waals surface area contributed by atoms with Gasteiger partial charge >= 0.3 is 0 Å². The molecule has 0 N–H and O–H groups in total. The van der Waals surface area contributed by atoms with Crippen molar-refractivity contribution in [1.82, 2.24) is 4.90 Å². The Hall–Kier alpha value is -3.86. The third-order valence-corrected chi connectivity index (χ3v) is 6.36. The predicted molar refractivity (Wildman–Crippen MR) is 129 cm³/mol. The van der Waals surface area contributed by atoms with E-state index in [1.165, 1.54) is 10.5 Å². The number of carbonyl (C=O) groups is 2. The maximum atomic E-state index is 13.8. The first-order valence-corrected chi connectivity index (χ1v) is 11.2. The Morgan fingerprint density at radius 2 is 1.61 bits per heavy atom. The molecule has 0 saturated heterocycles. The quantitative estimate of drug-likeness (QED) is 0.540. The van der Waals surface area contributed by atoms with Crippen LogP contribution in [0.3, 0.4) is 0 Å². The molecule has 2 aliphatic heterocycles. The largest absolute Gasteiger partial charge is 0.496 e. The fraction of sp³-hybridized carbons (Fsp3) is 0.214. The molecule has 3 aromatic carbocycles. The molecular formula is C28H26N2O3. The summed E-state index contributed by atoms with van der Waals surface area (Å²) in [5.74, 6) is 0.0231. The van der Waals surface area contributed by atoms with Crippen molar-refractivity contribution in [3.8, 4) is 5.75 Å². The second-order valence-corrected chi connectivity index (χ2v) is 8.49. The van der Waals surface area contributed by atoms with Crippen LogP contribution >= 0.6 is 0 Å². The van der Waals surface area contributed by atoms with Crippen molar-refractivity contribution in [2.75, 3.05) is 18.6 Å². The minimum atomic E-state index is -0.289. The SMILES string of the molecule is COc1ccccc1C1=C(N2CCCc3ccccc32)C(=O)N(Cc2ccc(C)cc2)C1=O. The first kappa shape index (κ1) is 21.0. The van der Waals surface area contributed by atoms with Crippen molar-refractivity contribution in [1.29, 1.82) is 0 Å². The van der Waals surface area contributed by atoms with Crippen molar-refractivity contribution in [2.45, 2.75) is 26.3 Å². The van der Waals surface area contributed by atoms with Crippen molar-refractivity contribution in [3.63, 3.8) is 0 Å². The first-order valence-electron chi connectivity index (χ1n) is 11.2. The summed E-state index contributed by atoms with van der Waals surface area (Å²) in [7, 11) is 1.58. The number of methoxy groups -OCH3 is 1. The van der Waals surface area contributed by atoms with E-state index in [0.29, 0.717) is 29.1 Å². The van der Waals surface area contributed by atoms with Gasteiger partial charge in [-0.15, -0.1) is 0 Å². The Balaban J connectivity index is 1.65. The van der Waals surface area contributed by atoms with Crippen LogP contribution in [-0.2, 0) is 22.6 Å². The van der Waals surface area contributed by atoms with Gasteiger partial charge in [-0.1, -0.05) is 66.2 Å². The van der Waals surface area contributed by atoms with Crippen LogP contribution < -0.4 is 9.64 Å². The Bertz CT molecular complexity index is 1260. The predicted octanol–water partition coefficient (Wildman–Crippen LogP) is 4.74. The van der Waals surface area contributed by atoms with Gasteiger partial charge in [0.25, 0.3) is 11.8 Å². The summed E-state index contributed by atoms with van der Waals surface area (Å²) in [6, 6.07) is 23.5. The molecule has 5 rings (SSSR count). The minimum absolute atomic E-state index is 0.232. The Labute approximate surface area is 193 Å². The fourth-order valence-corrected chi connectivity index (χ4v) is 4.69. The summed E-state index contributed by atoms with van der Waals surface area (Å²) < 4.78 is 5.58. The molecule has 0 spiro atoms. The zero-order valence-corrected chi connectivity index (χ0v) is 18.9. The van der Waals surface area contributed by atoms with E-state index in [4.69, 9.17) is 4.74 Å². The number of carbonyl (C=O) groups excluding carboxylic acids is 2. The van der Waals surface area contributed by atoms with Gasteiger partial charge in [-0.05, 0) is 43.0 Å². The Morgan fingerprint density at radius 3 is 2.39 bits per heavy atom. The third kappa shape index (κ3) is 3.69. The number of nitrogens with zero attached hydrogens (tertiary/aromatic N) is 2. The van der Waals surface area contributed by atoms with Gasteiger partial charge in [-0.25, -0.2) is 0 Å². The molecule has 3 aromatic rings. The van der Waals surface area contributed by atoms with E-state index in [9.17, 15) is 9.59 Å². The second-order valence-electron chi connectivity index (χ2n) is 8.49. The molecule has 0 saturated carbocycles. The van der Waals surface area contributed by atoms with Crippen molar-refractivity contribution in [3.05, 3.63) is 101 Å². The zero-order chi connectivity index (χ0) is 22.9. The molecule has 2 heterocycles. The van der Waals surface area contributed by atoms with Crippen LogP contribution in [0.2, 0.25) is 0 Å². The summed E-state index contributed by atoms with van der Waals surface area (Å²) in [4.78, 5) is 31.0. The van der Waals surface area contributed by atoms with Crippen LogP contribution in [-0.4, -0.2) is 30.4 Å². The molecule has 5 nitrogen and oxygen atoms in total. The number of fused-ring (bicyclic) bond motifs is 1. The fourth-order valence-electron chi connectivity index (χ4n) is 4.69. The first-order chi connectivity index (χ1) is 16.1. The number of rotatable bonds is 5. The number of hydrogen-bond donors (Lipinski definition) is 0. The molecule has 2 aliphatic rings. The number of benzene rings is 3. The van der Waals surface area contributed by atoms with Gasteiger partial charge in [-0.3, -0.25) is 14.5 Å². The van der Waals surface area contributed by atoms with Crippen LogP contribution in [0.1, 0.15) is 28.7 Å². The average molecular weight is 439 g/mol. The lowest BCUT2D eigenvalue weighted by atomic mass is 9.98. The maximum absolute atomic E-state index is 13.8. The van der Waals surface area contributed by atoms with Crippen LogP contribution in [0, 0.1) is 6.92 Å². The monoisotopic (exact) mass is 438 g/mol. The van der Waals surface area contributed by atoms with Gasteiger partial charge in [-0.2, -0.15) is 0 Å². The number of aryl methyl sites for hydroxylation is 2. The molecule has 0 aliphatic carbocycles. The lowest BCUT2D eigenvalue weighted by Gasteiger charge is -2.32. The Kier molecular flexibility index (Phi) is 5.47. The average Bonchev–Trinajstić information content (AvgIpc) is 3.09. The molecule has 0 unspecified atom stereocenters. The van der Waals surface area contributed by atoms with E-state index in [1.54, 1.807) is 7.11 Å². The van der Waals surface area contributed by atoms with Crippen LogP contribution in [0.5, 0.6) is 5.75 Å². The highest BCUT2D eigenvalue weighted by Gasteiger charge is 2.43. The molecule has 0 fully saturated rings. The highest BCUT2D eigenvalue weighted by atomic mass is 16.5. The highest BCUT2D eigenvalue weighted by molar-refractivity contribution is 6.37. The number of para-hydroxylation sites is 2. The molecule has 33 heavy (non-hydrogen) atoms. The zero-order valence-electron chi connectivity index (χ0n) is 18.9. The van der Waals surface area contributed by atoms with E-state index in [-0.39, 0.29) is 18.4 Å². The van der Waals surface area contributed by atoms with E-state index >= 15 is 0 Å². The molecule has 166 valence electrons. The Morgan fingerprint density at radius 1 is 0.879 bits per heavy atom. The van der Waals surface area contributed by atoms with Crippen molar-refractivity contribution < 1.29 is 14.3 Å². The van der Waals surface area contributed by atoms with E-state index < -0.39 is 0 Å². The number of ether oxygens (including phenoxy) is 1. The second kappa shape index (κ2) is 8.58. The molecule has 5 heteroatoms. The summed E-state index contributed by atoms with van der Waals surface area (Å²) in [6.07, 6.45) is 1.87. The van der Waals surface area contributed by atoms with Crippen molar-refractivity contribution in [2.24, 2.45) is 0 Å². The standard InChI is InChI=1S/C28H26N2O3/c1-19-13-15-20(16-14-19)18-30-27(31)25(22-10-4-6-12-24(22)33-2)26(28(30)32)29-17-7-9-21-8-3-5-11-23(21)29/h3-6,8,10-16H,7,9,17-18H2,1-2H3. The summed E-state index contributed by atoms with van der Waals surface area (Å²) in [5.41, 5.74) is 5.71. The minimum Gasteiger partial charge on any atom is -0.496 e. The van der Waals surface area contributed by atoms with Crippen LogP contribution in [0.4, 0.5) is 5.69 Å². The van der Waals surface area contributed by atoms with Crippen molar-refractivity contribution >= 4 is 23.1 Å². The summed E-state index contributed by atoms with van der Waals surface area (Å²) in [6.45, 7) is 2.93. The molecule has 0 bridgehead atoms. The topological polar surface area (TPSA) is 49.9 Å². The number of amides is 2. The van der Waals surface area contributed by atoms with Gasteiger partial charge in [0.15, 0.2) is 0 Å². The molecule has 2 amide bonds. The molecule has 0 aromatic heterocycles. The van der Waals surface area contributed by atoms with Crippen LogP contribution in [0.25, 0.3) is 5.57 Å². The lowest BCUT2D eigenvalue weighted by Crippen LogP contribution is -2.36. The van der Waals surface area contributed by atoms with Crippen LogP contribution in [0.15, 0.2) is 78.5 Å². The molecular weight excluding hydrogens is 412 g/mol. The van der Waals surface area contributed by atoms with E-state index in [0.717, 1.165) is 29.7 Å². The lowest BCUT2D eigenvalue weighted by molar-refractivity contribution is -0.137.